The molecule has 0 unspecified atom stereocenters. The lowest BCUT2D eigenvalue weighted by Crippen LogP contribution is -2.36. The summed E-state index contributed by atoms with van der Waals surface area (Å²) >= 11 is 0. The van der Waals surface area contributed by atoms with Gasteiger partial charge in [0.05, 0.1) is 36.9 Å². The number of nitrogens with zero attached hydrogens (tertiary/aromatic N) is 3. The maximum atomic E-state index is 12.3. The molecule has 170 valence electrons. The molecule has 10 nitrogen and oxygen atoms in total. The molecule has 1 aliphatic heterocycles. The van der Waals surface area contributed by atoms with Gasteiger partial charge in [0, 0.05) is 36.6 Å². The molecule has 0 aromatic heterocycles. The molecule has 0 radical (unpaired) electrons. The van der Waals surface area contributed by atoms with Gasteiger partial charge in [0.2, 0.25) is 11.8 Å². The van der Waals surface area contributed by atoms with Crippen molar-refractivity contribution in [3.63, 3.8) is 0 Å². The summed E-state index contributed by atoms with van der Waals surface area (Å²) in [6.45, 7) is 4.83. The standard InChI is InChI=1S/C22H27N5O5/c1-16-3-6-19(27(30)31)13-20(16)24-22(29)15-25(2)14-21(28)23-17-4-7-18(8-5-17)26-9-11-32-12-10-26/h3-8,13H,9-12,14-15H2,1-2H3,(H,23,28)(H,24,29). The van der Waals surface area contributed by atoms with Crippen molar-refractivity contribution in [2.75, 3.05) is 62.0 Å². The van der Waals surface area contributed by atoms with Crippen molar-refractivity contribution < 1.29 is 19.2 Å². The first kappa shape index (κ1) is 23.2. The zero-order chi connectivity index (χ0) is 23.1. The van der Waals surface area contributed by atoms with Crippen molar-refractivity contribution in [2.24, 2.45) is 0 Å². The normalized spacial score (nSPS) is 13.7. The first-order valence-corrected chi connectivity index (χ1v) is 10.3. The number of ether oxygens (including phenoxy) is 1. The van der Waals surface area contributed by atoms with Crippen LogP contribution in [0.15, 0.2) is 42.5 Å². The number of nitrogens with one attached hydrogen (secondary N) is 2. The number of nitro benzene ring substituents is 1. The number of benzene rings is 2. The maximum absolute atomic E-state index is 12.3. The van der Waals surface area contributed by atoms with Gasteiger partial charge in [-0.2, -0.15) is 0 Å². The molecule has 0 aliphatic carbocycles. The van der Waals surface area contributed by atoms with E-state index in [1.54, 1.807) is 24.9 Å². The number of rotatable bonds is 8. The molecule has 32 heavy (non-hydrogen) atoms. The van der Waals surface area contributed by atoms with Crippen molar-refractivity contribution in [1.82, 2.24) is 4.90 Å². The summed E-state index contributed by atoms with van der Waals surface area (Å²) in [6.07, 6.45) is 0. The number of hydrogen-bond acceptors (Lipinski definition) is 7. The lowest BCUT2D eigenvalue weighted by Gasteiger charge is -2.28. The van der Waals surface area contributed by atoms with Crippen LogP contribution in [0.2, 0.25) is 0 Å². The smallest absolute Gasteiger partial charge is 0.271 e. The topological polar surface area (TPSA) is 117 Å². The van der Waals surface area contributed by atoms with Crippen molar-refractivity contribution in [2.45, 2.75) is 6.92 Å². The highest BCUT2D eigenvalue weighted by molar-refractivity contribution is 5.95. The molecule has 0 saturated carbocycles. The Morgan fingerprint density at radius 1 is 1.06 bits per heavy atom. The number of likely N-dealkylation sites (N-methyl/N-ethyl adjacent to an activating group) is 1. The number of carbonyl (C=O) groups is 2. The van der Waals surface area contributed by atoms with Crippen LogP contribution in [0.4, 0.5) is 22.7 Å². The van der Waals surface area contributed by atoms with Crippen LogP contribution < -0.4 is 15.5 Å². The van der Waals surface area contributed by atoms with Crippen LogP contribution in [-0.2, 0) is 14.3 Å². The molecule has 1 fully saturated rings. The van der Waals surface area contributed by atoms with Crippen molar-refractivity contribution in [3.05, 3.63) is 58.1 Å². The van der Waals surface area contributed by atoms with Gasteiger partial charge in [-0.1, -0.05) is 6.07 Å². The summed E-state index contributed by atoms with van der Waals surface area (Å²) in [5.41, 5.74) is 2.75. The third kappa shape index (κ3) is 6.50. The molecule has 1 aliphatic rings. The molecule has 2 aromatic carbocycles. The molecule has 3 rings (SSSR count). The summed E-state index contributed by atoms with van der Waals surface area (Å²) in [5.74, 6) is -0.607. The largest absolute Gasteiger partial charge is 0.378 e. The lowest BCUT2D eigenvalue weighted by molar-refractivity contribution is -0.384. The number of carbonyl (C=O) groups excluding carboxylic acids is 2. The third-order valence-electron chi connectivity index (χ3n) is 5.06. The summed E-state index contributed by atoms with van der Waals surface area (Å²) in [7, 11) is 1.65. The van der Waals surface area contributed by atoms with Gasteiger partial charge in [-0.15, -0.1) is 0 Å². The average Bonchev–Trinajstić information content (AvgIpc) is 2.76. The van der Waals surface area contributed by atoms with E-state index in [1.165, 1.54) is 12.1 Å². The molecule has 1 heterocycles. The highest BCUT2D eigenvalue weighted by Gasteiger charge is 2.15. The molecule has 0 bridgehead atoms. The summed E-state index contributed by atoms with van der Waals surface area (Å²) < 4.78 is 5.36. The minimum Gasteiger partial charge on any atom is -0.378 e. The second-order valence-electron chi connectivity index (χ2n) is 7.67. The van der Waals surface area contributed by atoms with E-state index in [9.17, 15) is 19.7 Å². The van der Waals surface area contributed by atoms with Crippen LogP contribution in [0.1, 0.15) is 5.56 Å². The van der Waals surface area contributed by atoms with E-state index in [0.29, 0.717) is 30.2 Å². The number of hydrogen-bond donors (Lipinski definition) is 2. The van der Waals surface area contributed by atoms with Gasteiger partial charge >= 0.3 is 0 Å². The fraction of sp³-hybridized carbons (Fsp3) is 0.364. The number of aryl methyl sites for hydroxylation is 1. The summed E-state index contributed by atoms with van der Waals surface area (Å²) in [6, 6.07) is 11.9. The van der Waals surface area contributed by atoms with Gasteiger partial charge in [-0.3, -0.25) is 24.6 Å². The Balaban J connectivity index is 1.47. The SMILES string of the molecule is Cc1ccc([N+](=O)[O-])cc1NC(=O)CN(C)CC(=O)Nc1ccc(N2CCOCC2)cc1. The number of amides is 2. The molecule has 2 N–H and O–H groups in total. The zero-order valence-electron chi connectivity index (χ0n) is 18.2. The van der Waals surface area contributed by atoms with E-state index >= 15 is 0 Å². The van der Waals surface area contributed by atoms with Crippen molar-refractivity contribution in [3.8, 4) is 0 Å². The number of morpholine rings is 1. The Hall–Kier alpha value is -3.50. The first-order chi connectivity index (χ1) is 15.3. The van der Waals surface area contributed by atoms with E-state index in [-0.39, 0.29) is 30.6 Å². The first-order valence-electron chi connectivity index (χ1n) is 10.3. The minimum atomic E-state index is -0.515. The quantitative estimate of drug-likeness (QED) is 0.477. The highest BCUT2D eigenvalue weighted by atomic mass is 16.6. The molecular formula is C22H27N5O5. The number of anilines is 3. The molecule has 2 aromatic rings. The van der Waals surface area contributed by atoms with E-state index in [0.717, 1.165) is 18.8 Å². The van der Waals surface area contributed by atoms with Gasteiger partial charge in [-0.05, 0) is 43.8 Å². The second kappa shape index (κ2) is 10.7. The average molecular weight is 441 g/mol. The number of non-ortho nitro benzene ring substituents is 1. The van der Waals surface area contributed by atoms with E-state index in [4.69, 9.17) is 4.74 Å². The van der Waals surface area contributed by atoms with E-state index in [2.05, 4.69) is 15.5 Å². The monoisotopic (exact) mass is 441 g/mol. The maximum Gasteiger partial charge on any atom is 0.271 e. The molecule has 2 amide bonds. The summed E-state index contributed by atoms with van der Waals surface area (Å²) in [5, 5.41) is 16.4. The lowest BCUT2D eigenvalue weighted by atomic mass is 10.2. The second-order valence-corrected chi connectivity index (χ2v) is 7.67. The van der Waals surface area contributed by atoms with Crippen LogP contribution in [-0.4, -0.2) is 68.1 Å². The van der Waals surface area contributed by atoms with Gasteiger partial charge in [0.1, 0.15) is 0 Å². The Kier molecular flexibility index (Phi) is 7.74. The van der Waals surface area contributed by atoms with Gasteiger partial charge in [0.25, 0.3) is 5.69 Å². The predicted molar refractivity (Wildman–Crippen MR) is 122 cm³/mol. The Morgan fingerprint density at radius 3 is 2.31 bits per heavy atom. The zero-order valence-corrected chi connectivity index (χ0v) is 18.2. The summed E-state index contributed by atoms with van der Waals surface area (Å²) in [4.78, 5) is 38.9. The number of nitro groups is 1. The molecule has 0 atom stereocenters. The molecule has 1 saturated heterocycles. The highest BCUT2D eigenvalue weighted by Crippen LogP contribution is 2.22. The fourth-order valence-electron chi connectivity index (χ4n) is 3.37. The van der Waals surface area contributed by atoms with Crippen molar-refractivity contribution >= 4 is 34.6 Å². The predicted octanol–water partition coefficient (Wildman–Crippen LogP) is 2.25. The minimum absolute atomic E-state index is 0.0204. The van der Waals surface area contributed by atoms with E-state index < -0.39 is 4.92 Å². The van der Waals surface area contributed by atoms with Crippen molar-refractivity contribution in [1.29, 1.82) is 0 Å². The third-order valence-corrected chi connectivity index (χ3v) is 5.06. The van der Waals surface area contributed by atoms with Gasteiger partial charge in [-0.25, -0.2) is 0 Å². The van der Waals surface area contributed by atoms with Crippen LogP contribution in [0, 0.1) is 17.0 Å². The van der Waals surface area contributed by atoms with Crippen LogP contribution >= 0.6 is 0 Å². The van der Waals surface area contributed by atoms with Crippen LogP contribution in [0.25, 0.3) is 0 Å². The van der Waals surface area contributed by atoms with Crippen LogP contribution in [0.5, 0.6) is 0 Å². The van der Waals surface area contributed by atoms with Crippen LogP contribution in [0.3, 0.4) is 0 Å². The van der Waals surface area contributed by atoms with E-state index in [1.807, 2.05) is 24.3 Å². The molecule has 10 heteroatoms. The van der Waals surface area contributed by atoms with Gasteiger partial charge < -0.3 is 20.3 Å². The Bertz CT molecular complexity index is 973. The van der Waals surface area contributed by atoms with Gasteiger partial charge in [0.15, 0.2) is 0 Å². The Morgan fingerprint density at radius 2 is 1.69 bits per heavy atom. The fourth-order valence-corrected chi connectivity index (χ4v) is 3.37. The molecular weight excluding hydrogens is 414 g/mol. The Labute approximate surface area is 186 Å². The molecule has 0 spiro atoms.